The maximum Gasteiger partial charge on any atom is 0.188 e. The molecule has 0 aliphatic heterocycles. The van der Waals surface area contributed by atoms with E-state index in [0.29, 0.717) is 13.2 Å². The van der Waals surface area contributed by atoms with Crippen molar-refractivity contribution in [1.29, 1.82) is 5.41 Å². The van der Waals surface area contributed by atoms with Gasteiger partial charge in [-0.15, -0.1) is 0 Å². The standard InChI is InChI=1S/C16H19N3O.C2H6/c1-19(16(17)18)11-14-9-5-6-10-15(14)20-12-13-7-3-2-4-8-13;1-2/h2-10H,11-12H2,1H3,(H3,17,18);1-2H3. The first kappa shape index (κ1) is 17.6. The van der Waals surface area contributed by atoms with E-state index in [4.69, 9.17) is 15.9 Å². The number of nitrogens with one attached hydrogen (secondary N) is 1. The molecule has 2 aromatic carbocycles. The van der Waals surface area contributed by atoms with Gasteiger partial charge in [0.05, 0.1) is 0 Å². The summed E-state index contributed by atoms with van der Waals surface area (Å²) >= 11 is 0. The molecule has 0 fully saturated rings. The van der Waals surface area contributed by atoms with Gasteiger partial charge in [0.1, 0.15) is 12.4 Å². The summed E-state index contributed by atoms with van der Waals surface area (Å²) in [6.07, 6.45) is 0. The number of hydrogen-bond acceptors (Lipinski definition) is 2. The fourth-order valence-electron chi connectivity index (χ4n) is 1.85. The Balaban J connectivity index is 0.00000116. The monoisotopic (exact) mass is 299 g/mol. The SMILES string of the molecule is CC.CN(Cc1ccccc1OCc1ccccc1)C(=N)N. The van der Waals surface area contributed by atoms with Crippen molar-refractivity contribution in [2.75, 3.05) is 7.05 Å². The second-order valence-corrected chi connectivity index (χ2v) is 4.62. The van der Waals surface area contributed by atoms with E-state index in [1.54, 1.807) is 11.9 Å². The first-order chi connectivity index (χ1) is 10.7. The highest BCUT2D eigenvalue weighted by Crippen LogP contribution is 2.20. The van der Waals surface area contributed by atoms with Crippen LogP contribution in [0.15, 0.2) is 54.6 Å². The number of ether oxygens (including phenoxy) is 1. The highest BCUT2D eigenvalue weighted by Gasteiger charge is 2.07. The normalized spacial score (nSPS) is 9.41. The Morgan fingerprint density at radius 2 is 1.64 bits per heavy atom. The molecule has 2 rings (SSSR count). The molecule has 0 heterocycles. The fraction of sp³-hybridized carbons (Fsp3) is 0.278. The van der Waals surface area contributed by atoms with E-state index in [0.717, 1.165) is 16.9 Å². The molecule has 0 amide bonds. The molecule has 0 aromatic heterocycles. The van der Waals surface area contributed by atoms with Crippen LogP contribution in [0.4, 0.5) is 0 Å². The lowest BCUT2D eigenvalue weighted by atomic mass is 10.2. The zero-order valence-corrected chi connectivity index (χ0v) is 13.5. The van der Waals surface area contributed by atoms with Gasteiger partial charge < -0.3 is 15.4 Å². The number of para-hydroxylation sites is 1. The number of benzene rings is 2. The van der Waals surface area contributed by atoms with Crippen LogP contribution in [0, 0.1) is 5.41 Å². The van der Waals surface area contributed by atoms with Crippen LogP contribution in [0.2, 0.25) is 0 Å². The summed E-state index contributed by atoms with van der Waals surface area (Å²) in [5.74, 6) is 0.868. The summed E-state index contributed by atoms with van der Waals surface area (Å²) in [6.45, 7) is 5.09. The molecule has 3 N–H and O–H groups in total. The third-order valence-electron chi connectivity index (χ3n) is 3.03. The van der Waals surface area contributed by atoms with E-state index in [2.05, 4.69) is 0 Å². The summed E-state index contributed by atoms with van der Waals surface area (Å²) in [5.41, 5.74) is 7.61. The van der Waals surface area contributed by atoms with Gasteiger partial charge in [0, 0.05) is 19.2 Å². The smallest absolute Gasteiger partial charge is 0.188 e. The number of nitrogens with two attached hydrogens (primary N) is 1. The molecule has 0 saturated carbocycles. The van der Waals surface area contributed by atoms with Gasteiger partial charge in [-0.2, -0.15) is 0 Å². The Morgan fingerprint density at radius 1 is 1.05 bits per heavy atom. The van der Waals surface area contributed by atoms with Crippen molar-refractivity contribution in [2.45, 2.75) is 27.0 Å². The predicted molar refractivity (Wildman–Crippen MR) is 91.9 cm³/mol. The van der Waals surface area contributed by atoms with Gasteiger partial charge in [-0.25, -0.2) is 0 Å². The molecule has 0 aliphatic carbocycles. The Hall–Kier alpha value is -2.49. The molecule has 0 aliphatic rings. The molecule has 0 bridgehead atoms. The van der Waals surface area contributed by atoms with Crippen LogP contribution in [0.1, 0.15) is 25.0 Å². The first-order valence-corrected chi connectivity index (χ1v) is 7.46. The number of nitrogens with zero attached hydrogens (tertiary/aromatic N) is 1. The van der Waals surface area contributed by atoms with E-state index in [1.807, 2.05) is 68.4 Å². The second kappa shape index (κ2) is 9.45. The quantitative estimate of drug-likeness (QED) is 0.655. The topological polar surface area (TPSA) is 62.3 Å². The maximum atomic E-state index is 7.42. The summed E-state index contributed by atoms with van der Waals surface area (Å²) in [4.78, 5) is 1.67. The fourth-order valence-corrected chi connectivity index (χ4v) is 1.85. The van der Waals surface area contributed by atoms with E-state index in [1.165, 1.54) is 0 Å². The zero-order chi connectivity index (χ0) is 16.4. The lowest BCUT2D eigenvalue weighted by molar-refractivity contribution is 0.299. The second-order valence-electron chi connectivity index (χ2n) is 4.62. The summed E-state index contributed by atoms with van der Waals surface area (Å²) < 4.78 is 5.87. The van der Waals surface area contributed by atoms with Gasteiger partial charge in [0.2, 0.25) is 0 Å². The van der Waals surface area contributed by atoms with Gasteiger partial charge in [0.25, 0.3) is 0 Å². The molecule has 118 valence electrons. The molecular weight excluding hydrogens is 274 g/mol. The Bertz CT molecular complexity index is 570. The van der Waals surface area contributed by atoms with Crippen LogP contribution in [-0.2, 0) is 13.2 Å². The number of hydrogen-bond donors (Lipinski definition) is 2. The number of rotatable bonds is 5. The van der Waals surface area contributed by atoms with Gasteiger partial charge in [-0.1, -0.05) is 62.4 Å². The third-order valence-corrected chi connectivity index (χ3v) is 3.03. The molecule has 4 heteroatoms. The largest absolute Gasteiger partial charge is 0.489 e. The Labute approximate surface area is 133 Å². The lowest BCUT2D eigenvalue weighted by Crippen LogP contribution is -2.32. The lowest BCUT2D eigenvalue weighted by Gasteiger charge is -2.19. The van der Waals surface area contributed by atoms with Gasteiger partial charge in [-0.05, 0) is 11.6 Å². The first-order valence-electron chi connectivity index (χ1n) is 7.46. The molecule has 0 atom stereocenters. The van der Waals surface area contributed by atoms with Crippen LogP contribution in [0.25, 0.3) is 0 Å². The Morgan fingerprint density at radius 3 is 2.27 bits per heavy atom. The molecule has 4 nitrogen and oxygen atoms in total. The minimum absolute atomic E-state index is 0.0443. The van der Waals surface area contributed by atoms with Crippen molar-refractivity contribution in [2.24, 2.45) is 5.73 Å². The molecule has 2 aromatic rings. The summed E-state index contributed by atoms with van der Waals surface area (Å²) in [6, 6.07) is 17.9. The molecular formula is C18H25N3O. The number of guanidine groups is 1. The molecule has 0 unspecified atom stereocenters. The molecule has 22 heavy (non-hydrogen) atoms. The zero-order valence-electron chi connectivity index (χ0n) is 13.5. The average Bonchev–Trinajstić information content (AvgIpc) is 2.56. The average molecular weight is 299 g/mol. The van der Waals surface area contributed by atoms with Crippen molar-refractivity contribution in [1.82, 2.24) is 4.90 Å². The van der Waals surface area contributed by atoms with Crippen molar-refractivity contribution in [3.8, 4) is 5.75 Å². The summed E-state index contributed by atoms with van der Waals surface area (Å²) in [5, 5.41) is 7.42. The Kier molecular flexibility index (Phi) is 7.54. The van der Waals surface area contributed by atoms with Gasteiger partial charge >= 0.3 is 0 Å². The van der Waals surface area contributed by atoms with E-state index in [9.17, 15) is 0 Å². The van der Waals surface area contributed by atoms with E-state index >= 15 is 0 Å². The predicted octanol–water partition coefficient (Wildman–Crippen LogP) is 3.62. The third kappa shape index (κ3) is 5.48. The van der Waals surface area contributed by atoms with Crippen molar-refractivity contribution >= 4 is 5.96 Å². The van der Waals surface area contributed by atoms with Gasteiger partial charge in [-0.3, -0.25) is 5.41 Å². The van der Waals surface area contributed by atoms with Crippen LogP contribution in [0.5, 0.6) is 5.75 Å². The molecule has 0 spiro atoms. The van der Waals surface area contributed by atoms with E-state index < -0.39 is 0 Å². The van der Waals surface area contributed by atoms with Crippen LogP contribution in [-0.4, -0.2) is 17.9 Å². The van der Waals surface area contributed by atoms with Crippen LogP contribution >= 0.6 is 0 Å². The van der Waals surface area contributed by atoms with Crippen LogP contribution in [0.3, 0.4) is 0 Å². The maximum absolute atomic E-state index is 7.42. The van der Waals surface area contributed by atoms with Crippen molar-refractivity contribution in [3.63, 3.8) is 0 Å². The molecule has 0 saturated heterocycles. The minimum Gasteiger partial charge on any atom is -0.489 e. The minimum atomic E-state index is 0.0443. The highest BCUT2D eigenvalue weighted by molar-refractivity contribution is 5.74. The van der Waals surface area contributed by atoms with Crippen molar-refractivity contribution in [3.05, 3.63) is 65.7 Å². The van der Waals surface area contributed by atoms with E-state index in [-0.39, 0.29) is 5.96 Å². The molecule has 0 radical (unpaired) electrons. The van der Waals surface area contributed by atoms with Gasteiger partial charge in [0.15, 0.2) is 5.96 Å². The summed E-state index contributed by atoms with van der Waals surface area (Å²) in [7, 11) is 1.79. The highest BCUT2D eigenvalue weighted by atomic mass is 16.5. The van der Waals surface area contributed by atoms with Crippen LogP contribution < -0.4 is 10.5 Å². The van der Waals surface area contributed by atoms with Crippen molar-refractivity contribution < 1.29 is 4.74 Å².